The Bertz CT molecular complexity index is 613. The number of nitrogens with one attached hydrogen (secondary N) is 2. The van der Waals surface area contributed by atoms with Gasteiger partial charge in [0.05, 0.1) is 18.6 Å². The molecule has 126 valence electrons. The van der Waals surface area contributed by atoms with Crippen LogP contribution < -0.4 is 10.6 Å². The van der Waals surface area contributed by atoms with Gasteiger partial charge in [-0.3, -0.25) is 0 Å². The molecule has 0 saturated heterocycles. The summed E-state index contributed by atoms with van der Waals surface area (Å²) in [5.41, 5.74) is 1.32. The lowest BCUT2D eigenvalue weighted by Crippen LogP contribution is -2.37. The van der Waals surface area contributed by atoms with Crippen molar-refractivity contribution < 1.29 is 4.39 Å². The molecular formula is C16H23FIN5. The van der Waals surface area contributed by atoms with Crippen LogP contribution in [0.5, 0.6) is 0 Å². The maximum atomic E-state index is 14.2. The molecule has 1 aromatic carbocycles. The first-order chi connectivity index (χ1) is 10.7. The van der Waals surface area contributed by atoms with Gasteiger partial charge in [-0.2, -0.15) is 0 Å². The van der Waals surface area contributed by atoms with Crippen molar-refractivity contribution in [1.82, 2.24) is 20.2 Å². The van der Waals surface area contributed by atoms with E-state index in [1.807, 2.05) is 13.0 Å². The van der Waals surface area contributed by atoms with Gasteiger partial charge < -0.3 is 15.2 Å². The van der Waals surface area contributed by atoms with Gasteiger partial charge >= 0.3 is 0 Å². The summed E-state index contributed by atoms with van der Waals surface area (Å²) >= 11 is 0. The molecule has 0 fully saturated rings. The number of hydrogen-bond acceptors (Lipinski definition) is 2. The lowest BCUT2D eigenvalue weighted by atomic mass is 10.2. The van der Waals surface area contributed by atoms with Crippen molar-refractivity contribution in [3.8, 4) is 5.69 Å². The molecule has 0 aliphatic carbocycles. The largest absolute Gasteiger partial charge is 0.357 e. The highest BCUT2D eigenvalue weighted by molar-refractivity contribution is 14.0. The van der Waals surface area contributed by atoms with Crippen molar-refractivity contribution in [3.05, 3.63) is 48.3 Å². The quantitative estimate of drug-likeness (QED) is 0.420. The second kappa shape index (κ2) is 10.2. The van der Waals surface area contributed by atoms with Crippen molar-refractivity contribution in [2.45, 2.75) is 26.8 Å². The van der Waals surface area contributed by atoms with Crippen molar-refractivity contribution in [1.29, 1.82) is 0 Å². The highest BCUT2D eigenvalue weighted by Gasteiger charge is 2.05. The Morgan fingerprint density at radius 1 is 1.30 bits per heavy atom. The number of imidazole rings is 1. The molecule has 7 heteroatoms. The van der Waals surface area contributed by atoms with Crippen LogP contribution in [-0.2, 0) is 6.54 Å². The Balaban J connectivity index is 0.00000264. The molecular weight excluding hydrogens is 408 g/mol. The molecule has 0 spiro atoms. The van der Waals surface area contributed by atoms with Crippen LogP contribution in [0.2, 0.25) is 0 Å². The summed E-state index contributed by atoms with van der Waals surface area (Å²) in [7, 11) is 0. The third-order valence-corrected chi connectivity index (χ3v) is 3.10. The summed E-state index contributed by atoms with van der Waals surface area (Å²) in [5, 5.41) is 6.39. The standard InChI is InChI=1S/C16H22FN5.HI/c1-3-7-20-16(19-4-2)21-11-13-5-6-15(14(17)10-13)22-9-8-18-12-22;/h5-6,8-10,12H,3-4,7,11H2,1-2H3,(H2,19,20,21);1H. The third kappa shape index (κ3) is 5.81. The minimum Gasteiger partial charge on any atom is -0.357 e. The number of aromatic nitrogens is 2. The Labute approximate surface area is 153 Å². The summed E-state index contributed by atoms with van der Waals surface area (Å²) < 4.78 is 15.8. The smallest absolute Gasteiger partial charge is 0.191 e. The fraction of sp³-hybridized carbons (Fsp3) is 0.375. The van der Waals surface area contributed by atoms with Crippen LogP contribution in [0.1, 0.15) is 25.8 Å². The van der Waals surface area contributed by atoms with Gasteiger partial charge in [-0.25, -0.2) is 14.4 Å². The molecule has 5 nitrogen and oxygen atoms in total. The van der Waals surface area contributed by atoms with Gasteiger partial charge in [0, 0.05) is 25.5 Å². The topological polar surface area (TPSA) is 54.2 Å². The molecule has 0 bridgehead atoms. The van der Waals surface area contributed by atoms with E-state index in [1.165, 1.54) is 6.07 Å². The zero-order valence-electron chi connectivity index (χ0n) is 13.4. The van der Waals surface area contributed by atoms with E-state index in [4.69, 9.17) is 0 Å². The summed E-state index contributed by atoms with van der Waals surface area (Å²) in [6.45, 7) is 6.20. The van der Waals surface area contributed by atoms with Gasteiger partial charge in [0.15, 0.2) is 5.96 Å². The summed E-state index contributed by atoms with van der Waals surface area (Å²) in [4.78, 5) is 8.39. The lowest BCUT2D eigenvalue weighted by Gasteiger charge is -2.10. The van der Waals surface area contributed by atoms with Gasteiger partial charge in [0.2, 0.25) is 0 Å². The van der Waals surface area contributed by atoms with Crippen LogP contribution in [-0.4, -0.2) is 28.6 Å². The van der Waals surface area contributed by atoms with Gasteiger partial charge in [0.25, 0.3) is 0 Å². The molecule has 2 N–H and O–H groups in total. The first-order valence-electron chi connectivity index (χ1n) is 7.53. The summed E-state index contributed by atoms with van der Waals surface area (Å²) in [6, 6.07) is 5.14. The maximum Gasteiger partial charge on any atom is 0.191 e. The number of benzene rings is 1. The summed E-state index contributed by atoms with van der Waals surface area (Å²) in [5.74, 6) is 0.473. The number of rotatable bonds is 6. The van der Waals surface area contributed by atoms with Crippen LogP contribution in [0, 0.1) is 5.82 Å². The number of halogens is 2. The van der Waals surface area contributed by atoms with Gasteiger partial charge in [-0.15, -0.1) is 24.0 Å². The van der Waals surface area contributed by atoms with Crippen LogP contribution in [0.25, 0.3) is 5.69 Å². The van der Waals surface area contributed by atoms with Crippen LogP contribution in [0.4, 0.5) is 4.39 Å². The monoisotopic (exact) mass is 431 g/mol. The Morgan fingerprint density at radius 3 is 2.74 bits per heavy atom. The lowest BCUT2D eigenvalue weighted by molar-refractivity contribution is 0.615. The molecule has 1 heterocycles. The van der Waals surface area contributed by atoms with E-state index >= 15 is 0 Å². The minimum atomic E-state index is -0.280. The highest BCUT2D eigenvalue weighted by Crippen LogP contribution is 2.15. The van der Waals surface area contributed by atoms with Gasteiger partial charge in [-0.05, 0) is 31.0 Å². The predicted molar refractivity (Wildman–Crippen MR) is 102 cm³/mol. The molecule has 0 saturated carbocycles. The Kier molecular flexibility index (Phi) is 8.60. The zero-order valence-corrected chi connectivity index (χ0v) is 15.8. The second-order valence-corrected chi connectivity index (χ2v) is 4.88. The Hall–Kier alpha value is -1.64. The molecule has 0 atom stereocenters. The Morgan fingerprint density at radius 2 is 2.13 bits per heavy atom. The maximum absolute atomic E-state index is 14.2. The summed E-state index contributed by atoms with van der Waals surface area (Å²) in [6.07, 6.45) is 5.95. The first-order valence-corrected chi connectivity index (χ1v) is 7.53. The number of nitrogens with zero attached hydrogens (tertiary/aromatic N) is 3. The van der Waals surface area contributed by atoms with Crippen molar-refractivity contribution in [2.75, 3.05) is 13.1 Å². The molecule has 0 aliphatic heterocycles. The fourth-order valence-corrected chi connectivity index (χ4v) is 2.02. The van der Waals surface area contributed by atoms with E-state index < -0.39 is 0 Å². The first kappa shape index (κ1) is 19.4. The van der Waals surface area contributed by atoms with Crippen LogP contribution in [0.15, 0.2) is 41.9 Å². The molecule has 0 unspecified atom stereocenters. The number of guanidine groups is 1. The minimum absolute atomic E-state index is 0. The van der Waals surface area contributed by atoms with E-state index in [9.17, 15) is 4.39 Å². The average Bonchev–Trinajstić information content (AvgIpc) is 3.04. The van der Waals surface area contributed by atoms with E-state index in [0.29, 0.717) is 12.2 Å². The normalized spacial score (nSPS) is 11.0. The van der Waals surface area contributed by atoms with Crippen LogP contribution in [0.3, 0.4) is 0 Å². The molecule has 0 radical (unpaired) electrons. The van der Waals surface area contributed by atoms with Gasteiger partial charge in [-0.1, -0.05) is 13.0 Å². The van der Waals surface area contributed by atoms with E-state index in [-0.39, 0.29) is 29.8 Å². The zero-order chi connectivity index (χ0) is 15.8. The average molecular weight is 431 g/mol. The third-order valence-electron chi connectivity index (χ3n) is 3.10. The van der Waals surface area contributed by atoms with E-state index in [2.05, 4.69) is 27.5 Å². The fourth-order valence-electron chi connectivity index (χ4n) is 2.02. The molecule has 1 aromatic heterocycles. The van der Waals surface area contributed by atoms with Crippen molar-refractivity contribution in [2.24, 2.45) is 4.99 Å². The molecule has 2 aromatic rings. The highest BCUT2D eigenvalue weighted by atomic mass is 127. The number of aliphatic imine (C=N–C) groups is 1. The van der Waals surface area contributed by atoms with Gasteiger partial charge in [0.1, 0.15) is 5.82 Å². The number of hydrogen-bond donors (Lipinski definition) is 2. The predicted octanol–water partition coefficient (Wildman–Crippen LogP) is 3.09. The van der Waals surface area contributed by atoms with Crippen molar-refractivity contribution >= 4 is 29.9 Å². The molecule has 0 aliphatic rings. The molecule has 2 rings (SSSR count). The van der Waals surface area contributed by atoms with E-state index in [0.717, 1.165) is 31.0 Å². The molecule has 0 amide bonds. The van der Waals surface area contributed by atoms with Crippen LogP contribution >= 0.6 is 24.0 Å². The van der Waals surface area contributed by atoms with E-state index in [1.54, 1.807) is 29.4 Å². The SMILES string of the molecule is CCCNC(=NCc1ccc(-n2ccnc2)c(F)c1)NCC.I. The van der Waals surface area contributed by atoms with Crippen molar-refractivity contribution in [3.63, 3.8) is 0 Å². The second-order valence-electron chi connectivity index (χ2n) is 4.88. The molecule has 23 heavy (non-hydrogen) atoms.